The number of pyridine rings is 1. The Morgan fingerprint density at radius 2 is 1.94 bits per heavy atom. The molecule has 0 aliphatic heterocycles. The van der Waals surface area contributed by atoms with Crippen LogP contribution in [0.15, 0.2) is 65.7 Å². The van der Waals surface area contributed by atoms with E-state index in [1.807, 2.05) is 28.8 Å². The van der Waals surface area contributed by atoms with Crippen molar-refractivity contribution in [3.05, 3.63) is 77.1 Å². The summed E-state index contributed by atoms with van der Waals surface area (Å²) in [6.07, 6.45) is 2.84. The zero-order chi connectivity index (χ0) is 22.2. The molecule has 2 aromatic carbocycles. The fourth-order valence-corrected chi connectivity index (χ4v) is 4.61. The molecule has 8 heteroatoms. The van der Waals surface area contributed by atoms with Crippen molar-refractivity contribution in [3.63, 3.8) is 0 Å². The molecule has 0 fully saturated rings. The first-order valence-corrected chi connectivity index (χ1v) is 11.8. The average Bonchev–Trinajstić information content (AvgIpc) is 3.06. The third kappa shape index (κ3) is 4.17. The number of aliphatic hydroxyl groups is 1. The molecule has 1 N–H and O–H groups in total. The lowest BCUT2D eigenvalue weighted by atomic mass is 10.0. The summed E-state index contributed by atoms with van der Waals surface area (Å²) in [5.74, 6) is 0.466. The molecule has 0 saturated heterocycles. The van der Waals surface area contributed by atoms with Gasteiger partial charge in [0.25, 0.3) is 0 Å². The second-order valence-corrected chi connectivity index (χ2v) is 9.69. The average molecular weight is 457 g/mol. The summed E-state index contributed by atoms with van der Waals surface area (Å²) in [4.78, 5) is 4.50. The highest BCUT2D eigenvalue weighted by molar-refractivity contribution is 7.90. The van der Waals surface area contributed by atoms with Crippen LogP contribution in [-0.4, -0.2) is 36.4 Å². The zero-order valence-corrected chi connectivity index (χ0v) is 18.6. The monoisotopic (exact) mass is 456 g/mol. The molecule has 0 aliphatic rings. The Bertz CT molecular complexity index is 1360. The summed E-state index contributed by atoms with van der Waals surface area (Å²) in [6.45, 7) is 0.236. The van der Waals surface area contributed by atoms with E-state index in [2.05, 4.69) is 4.98 Å². The number of sulfone groups is 1. The summed E-state index contributed by atoms with van der Waals surface area (Å²) in [6, 6.07) is 16.1. The molecule has 4 aromatic rings. The van der Waals surface area contributed by atoms with Crippen LogP contribution in [0.4, 0.5) is 0 Å². The first-order valence-electron chi connectivity index (χ1n) is 9.52. The molecule has 0 radical (unpaired) electrons. The van der Waals surface area contributed by atoms with E-state index in [-0.39, 0.29) is 11.5 Å². The van der Waals surface area contributed by atoms with Gasteiger partial charge >= 0.3 is 0 Å². The molecule has 2 heterocycles. The molecule has 2 aromatic heterocycles. The Kier molecular flexibility index (Phi) is 5.75. The number of rotatable bonds is 6. The Balaban J connectivity index is 2.00. The van der Waals surface area contributed by atoms with Gasteiger partial charge in [0.05, 0.1) is 24.3 Å². The highest BCUT2D eigenvalue weighted by Crippen LogP contribution is 2.37. The number of halogens is 1. The van der Waals surface area contributed by atoms with Gasteiger partial charge < -0.3 is 14.4 Å². The van der Waals surface area contributed by atoms with Crippen LogP contribution in [0.25, 0.3) is 22.0 Å². The molecular formula is C23H21ClN2O4S. The van der Waals surface area contributed by atoms with Crippen LogP contribution in [0.1, 0.15) is 11.3 Å². The molecule has 6 nitrogen and oxygen atoms in total. The summed E-state index contributed by atoms with van der Waals surface area (Å²) >= 11 is 6.16. The van der Waals surface area contributed by atoms with Gasteiger partial charge in [0.15, 0.2) is 9.84 Å². The molecule has 31 heavy (non-hydrogen) atoms. The highest BCUT2D eigenvalue weighted by atomic mass is 35.5. The number of nitrogens with zero attached hydrogens (tertiary/aromatic N) is 2. The van der Waals surface area contributed by atoms with E-state index < -0.39 is 9.84 Å². The Hall–Kier alpha value is -2.87. The Morgan fingerprint density at radius 1 is 1.13 bits per heavy atom. The maximum atomic E-state index is 12.2. The number of hydrogen-bond donors (Lipinski definition) is 1. The molecule has 0 amide bonds. The van der Waals surface area contributed by atoms with Crippen LogP contribution in [-0.2, 0) is 23.0 Å². The molecule has 4 rings (SSSR count). The molecule has 0 atom stereocenters. The Morgan fingerprint density at radius 3 is 2.55 bits per heavy atom. The van der Waals surface area contributed by atoms with E-state index in [9.17, 15) is 13.5 Å². The van der Waals surface area contributed by atoms with Crippen molar-refractivity contribution >= 4 is 32.3 Å². The van der Waals surface area contributed by atoms with Crippen LogP contribution in [0.2, 0.25) is 5.02 Å². The third-order valence-electron chi connectivity index (χ3n) is 5.18. The quantitative estimate of drug-likeness (QED) is 0.467. The fourth-order valence-electron chi connectivity index (χ4n) is 3.75. The van der Waals surface area contributed by atoms with Gasteiger partial charge in [-0.3, -0.25) is 0 Å². The van der Waals surface area contributed by atoms with E-state index in [0.717, 1.165) is 27.6 Å². The molecule has 0 spiro atoms. The van der Waals surface area contributed by atoms with Crippen molar-refractivity contribution in [1.29, 1.82) is 0 Å². The molecular weight excluding hydrogens is 436 g/mol. The fraction of sp³-hybridized carbons (Fsp3) is 0.174. The van der Waals surface area contributed by atoms with Gasteiger partial charge in [-0.25, -0.2) is 13.4 Å². The number of benzene rings is 2. The molecule has 0 saturated carbocycles. The van der Waals surface area contributed by atoms with Crippen molar-refractivity contribution in [2.75, 3.05) is 13.4 Å². The smallest absolute Gasteiger partial charge is 0.212 e. The lowest BCUT2D eigenvalue weighted by Crippen LogP contribution is -2.05. The van der Waals surface area contributed by atoms with Crippen molar-refractivity contribution in [2.45, 2.75) is 18.0 Å². The number of aliphatic hydroxyl groups excluding tert-OH is 1. The van der Waals surface area contributed by atoms with Crippen molar-refractivity contribution < 1.29 is 18.3 Å². The first-order chi connectivity index (χ1) is 14.8. The number of methoxy groups -OCH3 is 1. The van der Waals surface area contributed by atoms with Crippen LogP contribution in [0, 0.1) is 0 Å². The Labute approximate surface area is 185 Å². The lowest BCUT2D eigenvalue weighted by molar-refractivity contribution is 0.273. The van der Waals surface area contributed by atoms with Crippen LogP contribution < -0.4 is 4.74 Å². The number of aromatic nitrogens is 2. The van der Waals surface area contributed by atoms with E-state index in [0.29, 0.717) is 23.1 Å². The number of ether oxygens (including phenoxy) is 1. The topological polar surface area (TPSA) is 81.4 Å². The van der Waals surface area contributed by atoms with Gasteiger partial charge in [0.1, 0.15) is 0 Å². The minimum Gasteiger partial charge on any atom is -0.481 e. The normalized spacial score (nSPS) is 11.7. The van der Waals surface area contributed by atoms with Gasteiger partial charge in [0.2, 0.25) is 5.88 Å². The SMILES string of the molecule is COc1ccc(-c2c(CO)n(Cc3cccc(Cl)c3)c3ccc(S(C)(=O)=O)cc23)cn1. The minimum atomic E-state index is -3.40. The van der Waals surface area contributed by atoms with E-state index in [1.54, 1.807) is 36.5 Å². The van der Waals surface area contributed by atoms with E-state index >= 15 is 0 Å². The third-order valence-corrected chi connectivity index (χ3v) is 6.53. The lowest BCUT2D eigenvalue weighted by Gasteiger charge is -2.11. The highest BCUT2D eigenvalue weighted by Gasteiger charge is 2.21. The van der Waals surface area contributed by atoms with E-state index in [4.69, 9.17) is 16.3 Å². The van der Waals surface area contributed by atoms with Crippen molar-refractivity contribution in [2.24, 2.45) is 0 Å². The number of fused-ring (bicyclic) bond motifs is 1. The maximum absolute atomic E-state index is 12.2. The summed E-state index contributed by atoms with van der Waals surface area (Å²) < 4.78 is 31.5. The predicted molar refractivity (Wildman–Crippen MR) is 121 cm³/mol. The predicted octanol–water partition coefficient (Wildman–Crippen LogP) is 4.31. The van der Waals surface area contributed by atoms with Gasteiger partial charge in [-0.15, -0.1) is 0 Å². The van der Waals surface area contributed by atoms with Crippen LogP contribution in [0.5, 0.6) is 5.88 Å². The standard InChI is InChI=1S/C23H21ClN2O4S/c1-30-22-9-6-16(12-25-22)23-19-11-18(31(2,28)29)7-8-20(19)26(21(23)14-27)13-15-4-3-5-17(24)10-15/h3-12,27H,13-14H2,1-2H3. The summed E-state index contributed by atoms with van der Waals surface area (Å²) in [5.41, 5.74) is 3.92. The summed E-state index contributed by atoms with van der Waals surface area (Å²) in [7, 11) is -1.87. The van der Waals surface area contributed by atoms with Crippen molar-refractivity contribution in [3.8, 4) is 17.0 Å². The molecule has 160 valence electrons. The van der Waals surface area contributed by atoms with Gasteiger partial charge in [-0.05, 0) is 42.0 Å². The van der Waals surface area contributed by atoms with Crippen LogP contribution >= 0.6 is 11.6 Å². The van der Waals surface area contributed by atoms with Crippen molar-refractivity contribution in [1.82, 2.24) is 9.55 Å². The number of hydrogen-bond acceptors (Lipinski definition) is 5. The molecule has 0 aliphatic carbocycles. The van der Waals surface area contributed by atoms with Gasteiger partial charge in [0, 0.05) is 52.1 Å². The molecule has 0 bridgehead atoms. The minimum absolute atomic E-state index is 0.215. The second-order valence-electron chi connectivity index (χ2n) is 7.24. The maximum Gasteiger partial charge on any atom is 0.212 e. The first kappa shape index (κ1) is 21.4. The second kappa shape index (κ2) is 8.34. The van der Waals surface area contributed by atoms with Gasteiger partial charge in [-0.2, -0.15) is 0 Å². The van der Waals surface area contributed by atoms with Gasteiger partial charge in [-0.1, -0.05) is 23.7 Å². The summed E-state index contributed by atoms with van der Waals surface area (Å²) in [5, 5.41) is 11.7. The van der Waals surface area contributed by atoms with Crippen LogP contribution in [0.3, 0.4) is 0 Å². The largest absolute Gasteiger partial charge is 0.481 e. The van der Waals surface area contributed by atoms with E-state index in [1.165, 1.54) is 13.4 Å². The molecule has 0 unspecified atom stereocenters. The zero-order valence-electron chi connectivity index (χ0n) is 17.0.